The molecule has 0 spiro atoms. The van der Waals surface area contributed by atoms with Crippen LogP contribution in [-0.2, 0) is 5.33 Å². The Morgan fingerprint density at radius 2 is 1.75 bits per heavy atom. The van der Waals surface area contributed by atoms with Gasteiger partial charge in [-0.3, -0.25) is 0 Å². The van der Waals surface area contributed by atoms with Crippen LogP contribution in [0.1, 0.15) is 18.9 Å². The van der Waals surface area contributed by atoms with E-state index < -0.39 is 0 Å². The van der Waals surface area contributed by atoms with Gasteiger partial charge >= 0.3 is 0 Å². The Bertz CT molecular complexity index is 555. The molecule has 0 atom stereocenters. The Labute approximate surface area is 132 Å². The molecule has 0 saturated carbocycles. The van der Waals surface area contributed by atoms with Gasteiger partial charge in [-0.2, -0.15) is 0 Å². The molecule has 2 nitrogen and oxygen atoms in total. The Balaban J connectivity index is 2.14. The summed E-state index contributed by atoms with van der Waals surface area (Å²) in [5.41, 5.74) is 1.02. The molecule has 0 radical (unpaired) electrons. The lowest BCUT2D eigenvalue weighted by atomic mass is 10.2. The van der Waals surface area contributed by atoms with E-state index in [-0.39, 0.29) is 0 Å². The van der Waals surface area contributed by atoms with Crippen molar-refractivity contribution in [1.29, 1.82) is 0 Å². The van der Waals surface area contributed by atoms with Crippen molar-refractivity contribution in [2.45, 2.75) is 18.7 Å². The average molecular weight is 356 g/mol. The molecule has 0 amide bonds. The van der Waals surface area contributed by atoms with Gasteiger partial charge < -0.3 is 9.47 Å². The van der Waals surface area contributed by atoms with E-state index in [9.17, 15) is 0 Å². The zero-order valence-corrected chi connectivity index (χ0v) is 13.6. The minimum atomic E-state index is 0.605. The first kappa shape index (κ1) is 15.2. The number of hydrogen-bond acceptors (Lipinski definition) is 2. The van der Waals surface area contributed by atoms with E-state index in [1.165, 1.54) is 0 Å². The predicted octanol–water partition coefficient (Wildman–Crippen LogP) is 5.82. The first-order valence-electron chi connectivity index (χ1n) is 6.48. The SMILES string of the molecule is CCCOc1ccc(Oc2c(Cl)cccc2CBr)cc1. The molecule has 0 aliphatic heterocycles. The summed E-state index contributed by atoms with van der Waals surface area (Å²) >= 11 is 9.62. The van der Waals surface area contributed by atoms with Crippen LogP contribution in [0.15, 0.2) is 42.5 Å². The molecular weight excluding hydrogens is 340 g/mol. The normalized spacial score (nSPS) is 10.3. The second-order valence-electron chi connectivity index (χ2n) is 4.28. The Kier molecular flexibility index (Phi) is 5.74. The third-order valence-electron chi connectivity index (χ3n) is 2.71. The third kappa shape index (κ3) is 3.90. The molecule has 0 aliphatic rings. The highest BCUT2D eigenvalue weighted by atomic mass is 79.9. The van der Waals surface area contributed by atoms with Gasteiger partial charge in [-0.25, -0.2) is 0 Å². The lowest BCUT2D eigenvalue weighted by Crippen LogP contribution is -1.95. The van der Waals surface area contributed by atoms with Gasteiger partial charge in [-0.15, -0.1) is 0 Å². The molecule has 20 heavy (non-hydrogen) atoms. The van der Waals surface area contributed by atoms with Crippen molar-refractivity contribution < 1.29 is 9.47 Å². The van der Waals surface area contributed by atoms with Crippen LogP contribution in [0.5, 0.6) is 17.2 Å². The van der Waals surface area contributed by atoms with Gasteiger partial charge in [0.05, 0.1) is 11.6 Å². The number of ether oxygens (including phenoxy) is 2. The summed E-state index contributed by atoms with van der Waals surface area (Å²) in [4.78, 5) is 0. The minimum absolute atomic E-state index is 0.605. The van der Waals surface area contributed by atoms with Crippen molar-refractivity contribution in [3.8, 4) is 17.2 Å². The molecule has 0 fully saturated rings. The average Bonchev–Trinajstić information content (AvgIpc) is 2.48. The topological polar surface area (TPSA) is 18.5 Å². The fourth-order valence-electron chi connectivity index (χ4n) is 1.71. The highest BCUT2D eigenvalue weighted by Gasteiger charge is 2.08. The summed E-state index contributed by atoms with van der Waals surface area (Å²) in [6, 6.07) is 13.3. The van der Waals surface area contributed by atoms with Gasteiger partial charge in [0.25, 0.3) is 0 Å². The van der Waals surface area contributed by atoms with Crippen LogP contribution in [0.3, 0.4) is 0 Å². The Morgan fingerprint density at radius 1 is 1.05 bits per heavy atom. The van der Waals surface area contributed by atoms with E-state index in [0.29, 0.717) is 16.1 Å². The van der Waals surface area contributed by atoms with E-state index in [1.807, 2.05) is 42.5 Å². The van der Waals surface area contributed by atoms with Gasteiger partial charge in [-0.05, 0) is 36.8 Å². The maximum atomic E-state index is 6.19. The molecule has 2 aromatic rings. The molecule has 106 valence electrons. The van der Waals surface area contributed by atoms with Crippen LogP contribution >= 0.6 is 27.5 Å². The second-order valence-corrected chi connectivity index (χ2v) is 5.25. The summed E-state index contributed by atoms with van der Waals surface area (Å²) in [7, 11) is 0. The fourth-order valence-corrected chi connectivity index (χ4v) is 2.39. The Hall–Kier alpha value is -1.19. The lowest BCUT2D eigenvalue weighted by Gasteiger charge is -2.12. The van der Waals surface area contributed by atoms with Gasteiger partial charge in [0.15, 0.2) is 0 Å². The number of para-hydroxylation sites is 1. The third-order valence-corrected chi connectivity index (χ3v) is 3.61. The standard InChI is InChI=1S/C16H16BrClO2/c1-2-10-19-13-6-8-14(9-7-13)20-16-12(11-17)4-3-5-15(16)18/h3-9H,2,10-11H2,1H3. The van der Waals surface area contributed by atoms with E-state index in [0.717, 1.165) is 30.1 Å². The molecule has 0 unspecified atom stereocenters. The summed E-state index contributed by atoms with van der Waals surface area (Å²) in [6.07, 6.45) is 0.993. The molecule has 0 N–H and O–H groups in total. The zero-order chi connectivity index (χ0) is 14.4. The van der Waals surface area contributed by atoms with Crippen LogP contribution in [0.4, 0.5) is 0 Å². The molecule has 2 rings (SSSR count). The van der Waals surface area contributed by atoms with Gasteiger partial charge in [0.2, 0.25) is 0 Å². The smallest absolute Gasteiger partial charge is 0.150 e. The highest BCUT2D eigenvalue weighted by molar-refractivity contribution is 9.08. The maximum Gasteiger partial charge on any atom is 0.150 e. The molecule has 0 aliphatic carbocycles. The molecule has 0 saturated heterocycles. The van der Waals surface area contributed by atoms with E-state index in [2.05, 4.69) is 22.9 Å². The van der Waals surface area contributed by atoms with Crippen molar-refractivity contribution in [1.82, 2.24) is 0 Å². The van der Waals surface area contributed by atoms with E-state index in [4.69, 9.17) is 21.1 Å². The van der Waals surface area contributed by atoms with Crippen molar-refractivity contribution in [2.24, 2.45) is 0 Å². The zero-order valence-electron chi connectivity index (χ0n) is 11.2. The molecule has 0 bridgehead atoms. The summed E-state index contributed by atoms with van der Waals surface area (Å²) in [6.45, 7) is 2.80. The molecule has 0 aromatic heterocycles. The first-order chi connectivity index (χ1) is 9.74. The highest BCUT2D eigenvalue weighted by Crippen LogP contribution is 2.34. The van der Waals surface area contributed by atoms with Crippen molar-refractivity contribution in [2.75, 3.05) is 6.61 Å². The van der Waals surface area contributed by atoms with Crippen LogP contribution in [0.25, 0.3) is 0 Å². The minimum Gasteiger partial charge on any atom is -0.494 e. The van der Waals surface area contributed by atoms with Crippen LogP contribution in [0.2, 0.25) is 5.02 Å². The van der Waals surface area contributed by atoms with Gasteiger partial charge in [0.1, 0.15) is 17.2 Å². The predicted molar refractivity (Wildman–Crippen MR) is 86.4 cm³/mol. The molecule has 0 heterocycles. The monoisotopic (exact) mass is 354 g/mol. The lowest BCUT2D eigenvalue weighted by molar-refractivity contribution is 0.317. The second kappa shape index (κ2) is 7.55. The number of alkyl halides is 1. The van der Waals surface area contributed by atoms with Crippen LogP contribution in [0, 0.1) is 0 Å². The number of rotatable bonds is 6. The number of benzene rings is 2. The van der Waals surface area contributed by atoms with Crippen LogP contribution < -0.4 is 9.47 Å². The van der Waals surface area contributed by atoms with Crippen molar-refractivity contribution >= 4 is 27.5 Å². The van der Waals surface area contributed by atoms with Crippen molar-refractivity contribution in [3.63, 3.8) is 0 Å². The van der Waals surface area contributed by atoms with Gasteiger partial charge in [-0.1, -0.05) is 46.6 Å². The van der Waals surface area contributed by atoms with E-state index >= 15 is 0 Å². The maximum absolute atomic E-state index is 6.19. The quantitative estimate of drug-likeness (QED) is 0.608. The number of halogens is 2. The summed E-state index contributed by atoms with van der Waals surface area (Å²) in [5.74, 6) is 2.27. The molecule has 2 aromatic carbocycles. The summed E-state index contributed by atoms with van der Waals surface area (Å²) < 4.78 is 11.4. The molecular formula is C16H16BrClO2. The first-order valence-corrected chi connectivity index (χ1v) is 7.98. The van der Waals surface area contributed by atoms with Gasteiger partial charge in [0, 0.05) is 10.9 Å². The summed E-state index contributed by atoms with van der Waals surface area (Å²) in [5, 5.41) is 1.30. The Morgan fingerprint density at radius 3 is 2.40 bits per heavy atom. The fraction of sp³-hybridized carbons (Fsp3) is 0.250. The largest absolute Gasteiger partial charge is 0.494 e. The molecule has 4 heteroatoms. The van der Waals surface area contributed by atoms with Crippen LogP contribution in [-0.4, -0.2) is 6.61 Å². The van der Waals surface area contributed by atoms with Crippen molar-refractivity contribution in [3.05, 3.63) is 53.1 Å². The number of hydrogen-bond donors (Lipinski definition) is 0. The van der Waals surface area contributed by atoms with E-state index in [1.54, 1.807) is 0 Å².